The van der Waals surface area contributed by atoms with E-state index in [9.17, 15) is 4.79 Å². The molecule has 0 saturated carbocycles. The van der Waals surface area contributed by atoms with E-state index in [1.54, 1.807) is 24.3 Å². The number of thiophene rings is 1. The van der Waals surface area contributed by atoms with E-state index in [1.165, 1.54) is 17.4 Å². The van der Waals surface area contributed by atoms with Crippen LogP contribution >= 0.6 is 11.3 Å². The van der Waals surface area contributed by atoms with E-state index in [-0.39, 0.29) is 0 Å². The summed E-state index contributed by atoms with van der Waals surface area (Å²) in [5.74, 6) is 0.195. The van der Waals surface area contributed by atoms with Crippen molar-refractivity contribution in [3.8, 4) is 17.6 Å². The molecule has 2 aromatic rings. The van der Waals surface area contributed by atoms with Gasteiger partial charge in [-0.1, -0.05) is 6.07 Å². The first-order chi connectivity index (χ1) is 10.2. The van der Waals surface area contributed by atoms with E-state index in [1.807, 2.05) is 30.5 Å². The lowest BCUT2D eigenvalue weighted by atomic mass is 10.2. The Morgan fingerprint density at radius 1 is 1.38 bits per heavy atom. The lowest BCUT2D eigenvalue weighted by Crippen LogP contribution is -2.06. The molecule has 0 aliphatic carbocycles. The van der Waals surface area contributed by atoms with Gasteiger partial charge in [-0.2, -0.15) is 5.26 Å². The summed E-state index contributed by atoms with van der Waals surface area (Å²) in [5.41, 5.74) is 0.451. The van der Waals surface area contributed by atoms with Gasteiger partial charge in [-0.15, -0.1) is 11.3 Å². The van der Waals surface area contributed by atoms with Crippen molar-refractivity contribution in [3.05, 3.63) is 52.2 Å². The van der Waals surface area contributed by atoms with Crippen molar-refractivity contribution in [2.45, 2.75) is 6.92 Å². The largest absolute Gasteiger partial charge is 0.490 e. The third kappa shape index (κ3) is 4.20. The topological polar surface area (TPSA) is 59.3 Å². The second kappa shape index (κ2) is 7.27. The molecule has 1 heterocycles. The number of hydrogen-bond donors (Lipinski definition) is 0. The Balaban J connectivity index is 2.11. The maximum atomic E-state index is 11.8. The second-order valence-corrected chi connectivity index (χ2v) is 4.96. The molecular weight excluding hydrogens is 286 g/mol. The van der Waals surface area contributed by atoms with Gasteiger partial charge in [-0.05, 0) is 36.6 Å². The maximum Gasteiger partial charge on any atom is 0.336 e. The molecule has 0 aliphatic rings. The molecule has 0 N–H and O–H groups in total. The molecule has 0 fully saturated rings. The predicted octanol–water partition coefficient (Wildman–Crippen LogP) is 3.64. The average molecular weight is 299 g/mol. The molecule has 106 valence electrons. The molecule has 0 spiro atoms. The summed E-state index contributed by atoms with van der Waals surface area (Å²) in [6, 6.07) is 10.5. The molecule has 0 bridgehead atoms. The number of esters is 1. The Bertz CT molecular complexity index is 684. The van der Waals surface area contributed by atoms with Gasteiger partial charge in [-0.3, -0.25) is 0 Å². The van der Waals surface area contributed by atoms with Crippen LogP contribution in [0.4, 0.5) is 0 Å². The van der Waals surface area contributed by atoms with Crippen LogP contribution in [0.1, 0.15) is 17.4 Å². The zero-order chi connectivity index (χ0) is 15.1. The summed E-state index contributed by atoms with van der Waals surface area (Å²) in [7, 11) is 0. The van der Waals surface area contributed by atoms with Gasteiger partial charge in [0.2, 0.25) is 0 Å². The van der Waals surface area contributed by atoms with Crippen LogP contribution in [0.2, 0.25) is 0 Å². The highest BCUT2D eigenvalue weighted by atomic mass is 32.1. The van der Waals surface area contributed by atoms with Crippen LogP contribution in [-0.2, 0) is 4.79 Å². The monoisotopic (exact) mass is 299 g/mol. The number of benzene rings is 1. The summed E-state index contributed by atoms with van der Waals surface area (Å²) in [5, 5.41) is 10.8. The van der Waals surface area contributed by atoms with Gasteiger partial charge in [0.1, 0.15) is 0 Å². The predicted molar refractivity (Wildman–Crippen MR) is 81.3 cm³/mol. The van der Waals surface area contributed by atoms with Crippen LogP contribution < -0.4 is 9.47 Å². The normalized spacial score (nSPS) is 10.3. The van der Waals surface area contributed by atoms with Gasteiger partial charge in [0, 0.05) is 17.0 Å². The SMILES string of the molecule is CCOc1cc(C#N)ccc1OC(=O)/C=C/c1cccs1. The molecule has 4 nitrogen and oxygen atoms in total. The van der Waals surface area contributed by atoms with E-state index in [0.717, 1.165) is 4.88 Å². The minimum absolute atomic E-state index is 0.302. The van der Waals surface area contributed by atoms with Crippen LogP contribution in [0.3, 0.4) is 0 Å². The summed E-state index contributed by atoms with van der Waals surface area (Å²) < 4.78 is 10.6. The summed E-state index contributed by atoms with van der Waals surface area (Å²) in [4.78, 5) is 12.8. The third-order valence-corrected chi connectivity index (χ3v) is 3.35. The smallest absolute Gasteiger partial charge is 0.336 e. The Labute approximate surface area is 126 Å². The number of nitriles is 1. The Morgan fingerprint density at radius 3 is 2.90 bits per heavy atom. The van der Waals surface area contributed by atoms with Crippen LogP contribution in [-0.4, -0.2) is 12.6 Å². The van der Waals surface area contributed by atoms with E-state index in [2.05, 4.69) is 0 Å². The molecule has 0 atom stereocenters. The lowest BCUT2D eigenvalue weighted by molar-refractivity contribution is -0.129. The molecule has 21 heavy (non-hydrogen) atoms. The number of hydrogen-bond acceptors (Lipinski definition) is 5. The minimum atomic E-state index is -0.492. The van der Waals surface area contributed by atoms with Crippen molar-refractivity contribution in [2.75, 3.05) is 6.61 Å². The number of carbonyl (C=O) groups excluding carboxylic acids is 1. The molecule has 0 unspecified atom stereocenters. The molecule has 0 saturated heterocycles. The number of carbonyl (C=O) groups is 1. The number of rotatable bonds is 5. The fourth-order valence-corrected chi connectivity index (χ4v) is 2.23. The van der Waals surface area contributed by atoms with E-state index in [0.29, 0.717) is 23.7 Å². The minimum Gasteiger partial charge on any atom is -0.490 e. The third-order valence-electron chi connectivity index (χ3n) is 2.51. The first-order valence-electron chi connectivity index (χ1n) is 6.33. The highest BCUT2D eigenvalue weighted by molar-refractivity contribution is 7.10. The molecule has 2 rings (SSSR count). The second-order valence-electron chi connectivity index (χ2n) is 3.98. The van der Waals surface area contributed by atoms with Crippen LogP contribution in [0.25, 0.3) is 6.08 Å². The molecule has 0 radical (unpaired) electrons. The van der Waals surface area contributed by atoms with Gasteiger partial charge >= 0.3 is 5.97 Å². The van der Waals surface area contributed by atoms with Gasteiger partial charge in [0.15, 0.2) is 11.5 Å². The zero-order valence-corrected chi connectivity index (χ0v) is 12.2. The summed E-state index contributed by atoms with van der Waals surface area (Å²) in [6.45, 7) is 2.24. The van der Waals surface area contributed by atoms with E-state index >= 15 is 0 Å². The van der Waals surface area contributed by atoms with Crippen LogP contribution in [0, 0.1) is 11.3 Å². The van der Waals surface area contributed by atoms with Crippen molar-refractivity contribution in [1.29, 1.82) is 5.26 Å². The van der Waals surface area contributed by atoms with Crippen LogP contribution in [0.5, 0.6) is 11.5 Å². The molecule has 0 aliphatic heterocycles. The zero-order valence-electron chi connectivity index (χ0n) is 11.4. The van der Waals surface area contributed by atoms with Gasteiger partial charge in [0.05, 0.1) is 18.2 Å². The Hall–Kier alpha value is -2.58. The summed E-state index contributed by atoms with van der Waals surface area (Å²) >= 11 is 1.53. The van der Waals surface area contributed by atoms with Gasteiger partial charge in [0.25, 0.3) is 0 Å². The quantitative estimate of drug-likeness (QED) is 0.480. The van der Waals surface area contributed by atoms with E-state index < -0.39 is 5.97 Å². The van der Waals surface area contributed by atoms with Crippen molar-refractivity contribution in [3.63, 3.8) is 0 Å². The highest BCUT2D eigenvalue weighted by Crippen LogP contribution is 2.28. The molecular formula is C16H13NO3S. The average Bonchev–Trinajstić information content (AvgIpc) is 3.00. The molecule has 1 aromatic carbocycles. The lowest BCUT2D eigenvalue weighted by Gasteiger charge is -2.09. The Morgan fingerprint density at radius 2 is 2.24 bits per heavy atom. The van der Waals surface area contributed by atoms with Gasteiger partial charge < -0.3 is 9.47 Å². The van der Waals surface area contributed by atoms with Crippen LogP contribution in [0.15, 0.2) is 41.8 Å². The van der Waals surface area contributed by atoms with E-state index in [4.69, 9.17) is 14.7 Å². The highest BCUT2D eigenvalue weighted by Gasteiger charge is 2.09. The molecule has 1 aromatic heterocycles. The van der Waals surface area contributed by atoms with Crippen molar-refractivity contribution in [2.24, 2.45) is 0 Å². The summed E-state index contributed by atoms with van der Waals surface area (Å²) in [6.07, 6.45) is 3.05. The van der Waals surface area contributed by atoms with Crippen molar-refractivity contribution >= 4 is 23.4 Å². The molecule has 5 heteroatoms. The maximum absolute atomic E-state index is 11.8. The molecule has 0 amide bonds. The van der Waals surface area contributed by atoms with Gasteiger partial charge in [-0.25, -0.2) is 4.79 Å². The first kappa shape index (κ1) is 14.8. The Kier molecular flexibility index (Phi) is 5.13. The number of nitrogens with zero attached hydrogens (tertiary/aromatic N) is 1. The van der Waals surface area contributed by atoms with Crippen molar-refractivity contribution < 1.29 is 14.3 Å². The number of ether oxygens (including phenoxy) is 2. The van der Waals surface area contributed by atoms with Crippen molar-refractivity contribution in [1.82, 2.24) is 0 Å². The fraction of sp³-hybridized carbons (Fsp3) is 0.125. The standard InChI is InChI=1S/C16H13NO3S/c1-2-19-15-10-12(11-17)5-7-14(15)20-16(18)8-6-13-4-3-9-21-13/h3-10H,2H2,1H3/b8-6+. The first-order valence-corrected chi connectivity index (χ1v) is 7.21. The fourth-order valence-electron chi connectivity index (χ4n) is 1.61.